The third-order valence-electron chi connectivity index (χ3n) is 3.23. The molecule has 0 radical (unpaired) electrons. The molecule has 0 aromatic rings. The fourth-order valence-electron chi connectivity index (χ4n) is 2.36. The lowest BCUT2D eigenvalue weighted by molar-refractivity contribution is -0.272. The second-order valence-corrected chi connectivity index (χ2v) is 4.32. The SMILES string of the molecule is C=CCOC1(CC=C)C(=O)OC2C(O)COC21O. The molecule has 0 saturated carbocycles. The molecule has 0 spiro atoms. The standard InChI is InChI=1S/C12H16O6/c1-3-5-11(16-6-4-2)10(14)18-9-8(13)7-17-12(9,11)15/h3-4,8-9,13,15H,1-2,5-7H2. The number of hydrogen-bond acceptors (Lipinski definition) is 6. The molecule has 6 nitrogen and oxygen atoms in total. The van der Waals surface area contributed by atoms with Gasteiger partial charge in [0.1, 0.15) is 6.10 Å². The van der Waals surface area contributed by atoms with E-state index in [1.165, 1.54) is 12.2 Å². The predicted octanol–water partition coefficient (Wildman–Crippen LogP) is -0.491. The zero-order chi connectivity index (χ0) is 13.4. The average molecular weight is 256 g/mol. The Hall–Kier alpha value is -1.21. The van der Waals surface area contributed by atoms with Crippen LogP contribution >= 0.6 is 0 Å². The lowest BCUT2D eigenvalue weighted by atomic mass is 9.88. The number of carbonyl (C=O) groups excluding carboxylic acids is 1. The van der Waals surface area contributed by atoms with Crippen LogP contribution in [-0.2, 0) is 19.0 Å². The Balaban J connectivity index is 2.39. The van der Waals surface area contributed by atoms with Gasteiger partial charge in [0, 0.05) is 6.42 Å². The highest BCUT2D eigenvalue weighted by molar-refractivity contribution is 5.84. The molecular weight excluding hydrogens is 240 g/mol. The van der Waals surface area contributed by atoms with Gasteiger partial charge in [0.05, 0.1) is 13.2 Å². The van der Waals surface area contributed by atoms with Crippen LogP contribution in [0.2, 0.25) is 0 Å². The van der Waals surface area contributed by atoms with Gasteiger partial charge in [0.25, 0.3) is 0 Å². The molecular formula is C12H16O6. The molecule has 6 heteroatoms. The van der Waals surface area contributed by atoms with Gasteiger partial charge in [0.2, 0.25) is 11.4 Å². The quantitative estimate of drug-likeness (QED) is 0.510. The normalized spacial score (nSPS) is 42.4. The first-order valence-corrected chi connectivity index (χ1v) is 5.63. The molecule has 2 aliphatic heterocycles. The number of carbonyl (C=O) groups is 1. The van der Waals surface area contributed by atoms with Crippen molar-refractivity contribution < 1.29 is 29.2 Å². The first kappa shape index (κ1) is 13.2. The fraction of sp³-hybridized carbons (Fsp3) is 0.583. The molecule has 0 aromatic heterocycles. The number of esters is 1. The van der Waals surface area contributed by atoms with Crippen LogP contribution in [0.4, 0.5) is 0 Å². The van der Waals surface area contributed by atoms with Crippen LogP contribution in [-0.4, -0.2) is 53.0 Å². The van der Waals surface area contributed by atoms with Crippen molar-refractivity contribution in [2.75, 3.05) is 13.2 Å². The first-order valence-electron chi connectivity index (χ1n) is 5.63. The van der Waals surface area contributed by atoms with Crippen LogP contribution in [0.1, 0.15) is 6.42 Å². The minimum absolute atomic E-state index is 0.0133. The second-order valence-electron chi connectivity index (χ2n) is 4.32. The van der Waals surface area contributed by atoms with Crippen molar-refractivity contribution in [2.24, 2.45) is 0 Å². The summed E-state index contributed by atoms with van der Waals surface area (Å²) in [5.41, 5.74) is -1.70. The highest BCUT2D eigenvalue weighted by atomic mass is 16.7. The molecule has 2 heterocycles. The first-order chi connectivity index (χ1) is 8.52. The Bertz CT molecular complexity index is 381. The fourth-order valence-corrected chi connectivity index (χ4v) is 2.36. The largest absolute Gasteiger partial charge is 0.451 e. The van der Waals surface area contributed by atoms with Gasteiger partial charge in [-0.2, -0.15) is 0 Å². The number of aliphatic hydroxyl groups excluding tert-OH is 1. The minimum atomic E-state index is -2.00. The number of fused-ring (bicyclic) bond motifs is 1. The van der Waals surface area contributed by atoms with Crippen LogP contribution in [0, 0.1) is 0 Å². The molecule has 0 amide bonds. The molecule has 4 unspecified atom stereocenters. The Kier molecular flexibility index (Phi) is 3.29. The molecule has 2 aliphatic rings. The summed E-state index contributed by atoms with van der Waals surface area (Å²) in [6, 6.07) is 0. The molecule has 2 saturated heterocycles. The van der Waals surface area contributed by atoms with Crippen LogP contribution in [0.3, 0.4) is 0 Å². The van der Waals surface area contributed by atoms with Crippen molar-refractivity contribution in [3.63, 3.8) is 0 Å². The molecule has 0 bridgehead atoms. The van der Waals surface area contributed by atoms with Gasteiger partial charge in [0.15, 0.2) is 6.10 Å². The van der Waals surface area contributed by atoms with Crippen LogP contribution in [0.5, 0.6) is 0 Å². The molecule has 0 aromatic carbocycles. The smallest absolute Gasteiger partial charge is 0.345 e. The summed E-state index contributed by atoms with van der Waals surface area (Å²) in [6.45, 7) is 6.94. The summed E-state index contributed by atoms with van der Waals surface area (Å²) >= 11 is 0. The van der Waals surface area contributed by atoms with Gasteiger partial charge >= 0.3 is 5.97 Å². The van der Waals surface area contributed by atoms with E-state index in [0.29, 0.717) is 0 Å². The lowest BCUT2D eigenvalue weighted by Gasteiger charge is -2.35. The molecule has 18 heavy (non-hydrogen) atoms. The molecule has 2 N–H and O–H groups in total. The summed E-state index contributed by atoms with van der Waals surface area (Å²) in [6.07, 6.45) is 0.672. The number of ether oxygens (including phenoxy) is 3. The Morgan fingerprint density at radius 3 is 2.83 bits per heavy atom. The monoisotopic (exact) mass is 256 g/mol. The van der Waals surface area contributed by atoms with E-state index in [1.54, 1.807) is 0 Å². The highest BCUT2D eigenvalue weighted by Gasteiger charge is 2.74. The van der Waals surface area contributed by atoms with Crippen molar-refractivity contribution in [3.8, 4) is 0 Å². The maximum absolute atomic E-state index is 12.0. The molecule has 2 fully saturated rings. The Morgan fingerprint density at radius 2 is 2.22 bits per heavy atom. The zero-order valence-electron chi connectivity index (χ0n) is 9.87. The molecule has 0 aliphatic carbocycles. The van der Waals surface area contributed by atoms with E-state index >= 15 is 0 Å². The van der Waals surface area contributed by atoms with E-state index in [1.807, 2.05) is 0 Å². The van der Waals surface area contributed by atoms with Crippen molar-refractivity contribution in [1.82, 2.24) is 0 Å². The lowest BCUT2D eigenvalue weighted by Crippen LogP contribution is -2.59. The van der Waals surface area contributed by atoms with Gasteiger partial charge < -0.3 is 24.4 Å². The van der Waals surface area contributed by atoms with Gasteiger partial charge in [-0.05, 0) is 0 Å². The van der Waals surface area contributed by atoms with Gasteiger partial charge in [-0.3, -0.25) is 0 Å². The molecule has 100 valence electrons. The van der Waals surface area contributed by atoms with Crippen molar-refractivity contribution in [2.45, 2.75) is 30.0 Å². The number of rotatable bonds is 5. The highest BCUT2D eigenvalue weighted by Crippen LogP contribution is 2.47. The average Bonchev–Trinajstić information content (AvgIpc) is 2.74. The van der Waals surface area contributed by atoms with Gasteiger partial charge in [-0.1, -0.05) is 12.2 Å². The molecule has 2 rings (SSSR count). The van der Waals surface area contributed by atoms with Gasteiger partial charge in [-0.25, -0.2) is 4.79 Å². The summed E-state index contributed by atoms with van der Waals surface area (Å²) in [5, 5.41) is 20.1. The van der Waals surface area contributed by atoms with E-state index in [4.69, 9.17) is 14.2 Å². The van der Waals surface area contributed by atoms with E-state index < -0.39 is 29.6 Å². The maximum Gasteiger partial charge on any atom is 0.345 e. The summed E-state index contributed by atoms with van der Waals surface area (Å²) in [7, 11) is 0. The Labute approximate surface area is 104 Å². The van der Waals surface area contributed by atoms with Crippen molar-refractivity contribution in [3.05, 3.63) is 25.3 Å². The van der Waals surface area contributed by atoms with E-state index in [9.17, 15) is 15.0 Å². The Morgan fingerprint density at radius 1 is 1.50 bits per heavy atom. The minimum Gasteiger partial charge on any atom is -0.451 e. The second kappa shape index (κ2) is 4.47. The summed E-state index contributed by atoms with van der Waals surface area (Å²) in [4.78, 5) is 12.0. The predicted molar refractivity (Wildman–Crippen MR) is 60.5 cm³/mol. The van der Waals surface area contributed by atoms with Crippen LogP contribution in [0.25, 0.3) is 0 Å². The topological polar surface area (TPSA) is 85.2 Å². The third-order valence-corrected chi connectivity index (χ3v) is 3.23. The van der Waals surface area contributed by atoms with Crippen LogP contribution < -0.4 is 0 Å². The third kappa shape index (κ3) is 1.54. The van der Waals surface area contributed by atoms with E-state index in [-0.39, 0.29) is 19.6 Å². The van der Waals surface area contributed by atoms with Crippen molar-refractivity contribution >= 4 is 5.97 Å². The van der Waals surface area contributed by atoms with E-state index in [0.717, 1.165) is 0 Å². The number of hydrogen-bond donors (Lipinski definition) is 2. The van der Waals surface area contributed by atoms with E-state index in [2.05, 4.69) is 13.2 Å². The summed E-state index contributed by atoms with van der Waals surface area (Å²) < 4.78 is 15.6. The zero-order valence-corrected chi connectivity index (χ0v) is 9.87. The van der Waals surface area contributed by atoms with Crippen LogP contribution in [0.15, 0.2) is 25.3 Å². The summed E-state index contributed by atoms with van der Waals surface area (Å²) in [5.74, 6) is -2.77. The van der Waals surface area contributed by atoms with Crippen molar-refractivity contribution in [1.29, 1.82) is 0 Å². The van der Waals surface area contributed by atoms with Gasteiger partial charge in [-0.15, -0.1) is 13.2 Å². The molecule has 4 atom stereocenters. The maximum atomic E-state index is 12.0. The number of aliphatic hydroxyl groups is 2.